The lowest BCUT2D eigenvalue weighted by molar-refractivity contribution is 0.102. The van der Waals surface area contributed by atoms with Crippen LogP contribution in [0.4, 0.5) is 23.0 Å². The van der Waals surface area contributed by atoms with Gasteiger partial charge in [0.2, 0.25) is 5.95 Å². The van der Waals surface area contributed by atoms with Crippen LogP contribution in [0.1, 0.15) is 10.5 Å². The quantitative estimate of drug-likeness (QED) is 0.707. The molecule has 0 fully saturated rings. The molecule has 0 radical (unpaired) electrons. The van der Waals surface area contributed by atoms with E-state index in [-0.39, 0.29) is 11.6 Å². The fourth-order valence-corrected chi connectivity index (χ4v) is 2.47. The molecule has 2 aromatic carbocycles. The van der Waals surface area contributed by atoms with E-state index in [0.717, 1.165) is 11.4 Å². The topological polar surface area (TPSA) is 70.2 Å². The number of rotatable bonds is 5. The Kier molecular flexibility index (Phi) is 5.34. The van der Waals surface area contributed by atoms with E-state index in [0.29, 0.717) is 16.7 Å². The van der Waals surface area contributed by atoms with Crippen LogP contribution in [0.2, 0.25) is 5.02 Å². The number of nitrogens with zero attached hydrogens (tertiary/aromatic N) is 3. The molecular formula is C19H18ClN5O. The summed E-state index contributed by atoms with van der Waals surface area (Å²) in [6.07, 6.45) is 1.53. The van der Waals surface area contributed by atoms with Crippen LogP contribution >= 0.6 is 11.6 Å². The fourth-order valence-electron chi connectivity index (χ4n) is 2.28. The van der Waals surface area contributed by atoms with Gasteiger partial charge in [-0.15, -0.1) is 0 Å². The zero-order valence-electron chi connectivity index (χ0n) is 14.4. The summed E-state index contributed by atoms with van der Waals surface area (Å²) in [5.41, 5.74) is 2.76. The molecule has 0 bridgehead atoms. The lowest BCUT2D eigenvalue weighted by Crippen LogP contribution is -2.15. The van der Waals surface area contributed by atoms with Gasteiger partial charge in [0.05, 0.1) is 0 Å². The standard InChI is InChI=1S/C19H18ClN5O/c1-25(2)16-8-6-14(7-9-16)22-18(26)17-10-11-21-19(24-17)23-15-5-3-4-13(20)12-15/h3-12H,1-2H3,(H,22,26)(H,21,23,24). The van der Waals surface area contributed by atoms with Crippen LogP contribution in [0.15, 0.2) is 60.8 Å². The first-order valence-electron chi connectivity index (χ1n) is 7.95. The second kappa shape index (κ2) is 7.84. The van der Waals surface area contributed by atoms with Crippen LogP contribution in [-0.4, -0.2) is 30.0 Å². The minimum atomic E-state index is -0.306. The number of carbonyl (C=O) groups excluding carboxylic acids is 1. The maximum atomic E-state index is 12.4. The van der Waals surface area contributed by atoms with Crippen molar-refractivity contribution in [3.05, 3.63) is 71.5 Å². The van der Waals surface area contributed by atoms with Crippen LogP contribution < -0.4 is 15.5 Å². The van der Waals surface area contributed by atoms with Gasteiger partial charge >= 0.3 is 0 Å². The molecule has 1 heterocycles. The average molecular weight is 368 g/mol. The molecule has 0 aliphatic carbocycles. The molecule has 3 aromatic rings. The predicted octanol–water partition coefficient (Wildman–Crippen LogP) is 4.19. The maximum Gasteiger partial charge on any atom is 0.274 e. The highest BCUT2D eigenvalue weighted by Gasteiger charge is 2.10. The minimum absolute atomic E-state index is 0.265. The first-order valence-corrected chi connectivity index (χ1v) is 8.33. The van der Waals surface area contributed by atoms with E-state index in [1.54, 1.807) is 18.2 Å². The van der Waals surface area contributed by atoms with Crippen LogP contribution in [0.3, 0.4) is 0 Å². The summed E-state index contributed by atoms with van der Waals surface area (Å²) >= 11 is 5.97. The number of benzene rings is 2. The summed E-state index contributed by atoms with van der Waals surface area (Å²) in [6, 6.07) is 16.3. The van der Waals surface area contributed by atoms with Gasteiger partial charge in [-0.2, -0.15) is 0 Å². The number of aromatic nitrogens is 2. The molecule has 0 aliphatic heterocycles. The Morgan fingerprint density at radius 3 is 2.50 bits per heavy atom. The van der Waals surface area contributed by atoms with Crippen molar-refractivity contribution in [1.29, 1.82) is 0 Å². The number of hydrogen-bond donors (Lipinski definition) is 2. The van der Waals surface area contributed by atoms with Crippen molar-refractivity contribution in [1.82, 2.24) is 9.97 Å². The van der Waals surface area contributed by atoms with Gasteiger partial charge < -0.3 is 15.5 Å². The van der Waals surface area contributed by atoms with Crippen molar-refractivity contribution in [2.75, 3.05) is 29.6 Å². The molecule has 0 saturated carbocycles. The van der Waals surface area contributed by atoms with E-state index in [4.69, 9.17) is 11.6 Å². The lowest BCUT2D eigenvalue weighted by Gasteiger charge is -2.13. The molecule has 26 heavy (non-hydrogen) atoms. The van der Waals surface area contributed by atoms with Crippen molar-refractivity contribution in [3.63, 3.8) is 0 Å². The molecule has 0 aliphatic rings. The first kappa shape index (κ1) is 17.7. The van der Waals surface area contributed by atoms with Crippen LogP contribution in [0.25, 0.3) is 0 Å². The zero-order valence-corrected chi connectivity index (χ0v) is 15.2. The van der Waals surface area contributed by atoms with Gasteiger partial charge in [0.25, 0.3) is 5.91 Å². The van der Waals surface area contributed by atoms with E-state index < -0.39 is 0 Å². The number of halogens is 1. The molecule has 1 amide bonds. The molecule has 132 valence electrons. The van der Waals surface area contributed by atoms with E-state index >= 15 is 0 Å². The summed E-state index contributed by atoms with van der Waals surface area (Å²) in [7, 11) is 3.92. The molecule has 3 rings (SSSR count). The number of amides is 1. The molecule has 0 saturated heterocycles. The van der Waals surface area contributed by atoms with Crippen molar-refractivity contribution in [3.8, 4) is 0 Å². The highest BCUT2D eigenvalue weighted by Crippen LogP contribution is 2.19. The molecule has 7 heteroatoms. The number of nitrogens with one attached hydrogen (secondary N) is 2. The molecule has 2 N–H and O–H groups in total. The molecule has 6 nitrogen and oxygen atoms in total. The van der Waals surface area contributed by atoms with E-state index in [1.807, 2.05) is 55.4 Å². The average Bonchev–Trinajstić information content (AvgIpc) is 2.62. The van der Waals surface area contributed by atoms with Crippen molar-refractivity contribution < 1.29 is 4.79 Å². The Labute approximate surface area is 156 Å². The molecule has 0 spiro atoms. The summed E-state index contributed by atoms with van der Waals surface area (Å²) in [5, 5.41) is 6.46. The Bertz CT molecular complexity index is 912. The predicted molar refractivity (Wildman–Crippen MR) is 105 cm³/mol. The normalized spacial score (nSPS) is 10.3. The minimum Gasteiger partial charge on any atom is -0.378 e. The smallest absolute Gasteiger partial charge is 0.274 e. The summed E-state index contributed by atoms with van der Waals surface area (Å²) in [5.74, 6) is 0.0158. The van der Waals surface area contributed by atoms with Gasteiger partial charge in [-0.05, 0) is 48.5 Å². The Morgan fingerprint density at radius 2 is 1.81 bits per heavy atom. The van der Waals surface area contributed by atoms with E-state index in [9.17, 15) is 4.79 Å². The number of anilines is 4. The third kappa shape index (κ3) is 4.49. The molecule has 0 unspecified atom stereocenters. The van der Waals surface area contributed by atoms with Gasteiger partial charge in [0.15, 0.2) is 0 Å². The maximum absolute atomic E-state index is 12.4. The number of carbonyl (C=O) groups is 1. The molecule has 1 aromatic heterocycles. The summed E-state index contributed by atoms with van der Waals surface area (Å²) < 4.78 is 0. The number of hydrogen-bond acceptors (Lipinski definition) is 5. The summed E-state index contributed by atoms with van der Waals surface area (Å²) in [6.45, 7) is 0. The van der Waals surface area contributed by atoms with Gasteiger partial charge in [-0.1, -0.05) is 17.7 Å². The van der Waals surface area contributed by atoms with Crippen molar-refractivity contribution in [2.24, 2.45) is 0 Å². The zero-order chi connectivity index (χ0) is 18.5. The van der Waals surface area contributed by atoms with Crippen molar-refractivity contribution in [2.45, 2.75) is 0 Å². The van der Waals surface area contributed by atoms with E-state index in [1.165, 1.54) is 6.20 Å². The highest BCUT2D eigenvalue weighted by molar-refractivity contribution is 6.30. The van der Waals surface area contributed by atoms with Crippen LogP contribution in [0, 0.1) is 0 Å². The third-order valence-corrected chi connectivity index (χ3v) is 3.85. The fraction of sp³-hybridized carbons (Fsp3) is 0.105. The SMILES string of the molecule is CN(C)c1ccc(NC(=O)c2ccnc(Nc3cccc(Cl)c3)n2)cc1. The largest absolute Gasteiger partial charge is 0.378 e. The second-order valence-electron chi connectivity index (χ2n) is 5.80. The van der Waals surface area contributed by atoms with Gasteiger partial charge in [0.1, 0.15) is 5.69 Å². The molecular weight excluding hydrogens is 350 g/mol. The Hall–Kier alpha value is -3.12. The first-order chi connectivity index (χ1) is 12.5. The monoisotopic (exact) mass is 367 g/mol. The Morgan fingerprint density at radius 1 is 1.04 bits per heavy atom. The van der Waals surface area contributed by atoms with Crippen LogP contribution in [0.5, 0.6) is 0 Å². The second-order valence-corrected chi connectivity index (χ2v) is 6.23. The van der Waals surface area contributed by atoms with Crippen LogP contribution in [-0.2, 0) is 0 Å². The molecule has 0 atom stereocenters. The Balaban J connectivity index is 1.71. The highest BCUT2D eigenvalue weighted by atomic mass is 35.5. The van der Waals surface area contributed by atoms with E-state index in [2.05, 4.69) is 20.6 Å². The van der Waals surface area contributed by atoms with Gasteiger partial charge in [-0.25, -0.2) is 9.97 Å². The lowest BCUT2D eigenvalue weighted by atomic mass is 10.2. The summed E-state index contributed by atoms with van der Waals surface area (Å²) in [4.78, 5) is 22.8. The van der Waals surface area contributed by atoms with Crippen molar-refractivity contribution >= 4 is 40.5 Å². The third-order valence-electron chi connectivity index (χ3n) is 3.61. The van der Waals surface area contributed by atoms with Gasteiger partial charge in [0, 0.05) is 42.4 Å². The van der Waals surface area contributed by atoms with Gasteiger partial charge in [-0.3, -0.25) is 4.79 Å².